The van der Waals surface area contributed by atoms with Crippen molar-refractivity contribution in [2.24, 2.45) is 10.6 Å². The summed E-state index contributed by atoms with van der Waals surface area (Å²) in [5.74, 6) is -0.502. The molecule has 2 N–H and O–H groups in total. The van der Waals surface area contributed by atoms with Crippen molar-refractivity contribution in [1.29, 1.82) is 0 Å². The van der Waals surface area contributed by atoms with Gasteiger partial charge < -0.3 is 14.9 Å². The molecule has 1 aromatic heterocycles. The van der Waals surface area contributed by atoms with Gasteiger partial charge >= 0.3 is 5.82 Å². The van der Waals surface area contributed by atoms with Crippen LogP contribution in [0.1, 0.15) is 25.7 Å². The average molecular weight is 315 g/mol. The van der Waals surface area contributed by atoms with Gasteiger partial charge in [-0.3, -0.25) is 0 Å². The fourth-order valence-electron chi connectivity index (χ4n) is 2.74. The molecular formula is C12H17N3O5S. The Bertz CT molecular complexity index is 626. The summed E-state index contributed by atoms with van der Waals surface area (Å²) in [4.78, 5) is 13.9. The molecule has 0 atom stereocenters. The van der Waals surface area contributed by atoms with Crippen LogP contribution in [0.4, 0.5) is 5.82 Å². The smallest absolute Gasteiger partial charge is 0.406 e. The van der Waals surface area contributed by atoms with Gasteiger partial charge in [0.1, 0.15) is 6.20 Å². The van der Waals surface area contributed by atoms with Crippen molar-refractivity contribution in [1.82, 2.24) is 4.98 Å². The van der Waals surface area contributed by atoms with Gasteiger partial charge in [0.2, 0.25) is 15.8 Å². The summed E-state index contributed by atoms with van der Waals surface area (Å²) < 4.78 is 28.3. The normalized spacial score (nSPS) is 17.6. The minimum atomic E-state index is -3.63. The number of nitrogens with zero attached hydrogens (tertiary/aromatic N) is 2. The van der Waals surface area contributed by atoms with Gasteiger partial charge in [0.05, 0.1) is 12.4 Å². The average Bonchev–Trinajstić information content (AvgIpc) is 2.83. The van der Waals surface area contributed by atoms with Crippen molar-refractivity contribution in [2.75, 3.05) is 12.4 Å². The molecule has 0 radical (unpaired) electrons. The Balaban J connectivity index is 2.15. The van der Waals surface area contributed by atoms with Crippen LogP contribution in [0.5, 0.6) is 5.75 Å². The highest BCUT2D eigenvalue weighted by Crippen LogP contribution is 2.40. The van der Waals surface area contributed by atoms with Gasteiger partial charge in [0.25, 0.3) is 0 Å². The van der Waals surface area contributed by atoms with E-state index in [9.17, 15) is 18.5 Å². The standard InChI is InChI=1S/C12H17N3O5S/c13-21(18,19)9-12(5-1-2-6-12)8-20-10-4-3-7-14-11(10)15(16)17/h3-4,7H,1-2,5-6,8-9H2,(H2,13,18,19). The number of nitrogens with two attached hydrogens (primary N) is 1. The lowest BCUT2D eigenvalue weighted by Crippen LogP contribution is -2.36. The molecule has 1 saturated carbocycles. The third-order valence-corrected chi connectivity index (χ3v) is 4.64. The molecule has 0 spiro atoms. The first-order valence-corrected chi connectivity index (χ1v) is 8.26. The molecule has 8 nitrogen and oxygen atoms in total. The van der Waals surface area contributed by atoms with Gasteiger partial charge in [0, 0.05) is 5.41 Å². The van der Waals surface area contributed by atoms with E-state index in [1.54, 1.807) is 0 Å². The van der Waals surface area contributed by atoms with Crippen LogP contribution in [0.25, 0.3) is 0 Å². The van der Waals surface area contributed by atoms with E-state index < -0.39 is 20.4 Å². The molecule has 0 unspecified atom stereocenters. The fraction of sp³-hybridized carbons (Fsp3) is 0.583. The van der Waals surface area contributed by atoms with Gasteiger partial charge in [-0.05, 0) is 34.9 Å². The molecule has 0 bridgehead atoms. The Morgan fingerprint density at radius 1 is 1.43 bits per heavy atom. The zero-order chi connectivity index (χ0) is 15.5. The Kier molecular flexibility index (Phi) is 4.43. The molecule has 0 saturated heterocycles. The summed E-state index contributed by atoms with van der Waals surface area (Å²) in [6, 6.07) is 2.98. The quantitative estimate of drug-likeness (QED) is 0.621. The number of hydrogen-bond donors (Lipinski definition) is 1. The molecule has 0 aromatic carbocycles. The largest absolute Gasteiger partial charge is 0.485 e. The molecule has 0 aliphatic heterocycles. The lowest BCUT2D eigenvalue weighted by Gasteiger charge is -2.27. The molecule has 1 fully saturated rings. The van der Waals surface area contributed by atoms with Crippen molar-refractivity contribution >= 4 is 15.8 Å². The van der Waals surface area contributed by atoms with Crippen LogP contribution in [0.15, 0.2) is 18.3 Å². The van der Waals surface area contributed by atoms with Crippen LogP contribution >= 0.6 is 0 Å². The number of ether oxygens (including phenoxy) is 1. The molecule has 2 rings (SSSR count). The highest BCUT2D eigenvalue weighted by Gasteiger charge is 2.38. The number of pyridine rings is 1. The number of hydrogen-bond acceptors (Lipinski definition) is 6. The maximum absolute atomic E-state index is 11.4. The predicted octanol–water partition coefficient (Wildman–Crippen LogP) is 1.22. The highest BCUT2D eigenvalue weighted by molar-refractivity contribution is 7.89. The third-order valence-electron chi connectivity index (χ3n) is 3.63. The monoisotopic (exact) mass is 315 g/mol. The van der Waals surface area contributed by atoms with Gasteiger partial charge in [-0.2, -0.15) is 0 Å². The van der Waals surface area contributed by atoms with E-state index >= 15 is 0 Å². The van der Waals surface area contributed by atoms with Gasteiger partial charge in [-0.25, -0.2) is 13.6 Å². The van der Waals surface area contributed by atoms with Gasteiger partial charge in [-0.1, -0.05) is 12.8 Å². The number of primary sulfonamides is 1. The Hall–Kier alpha value is -1.74. The second kappa shape index (κ2) is 5.94. The molecule has 21 heavy (non-hydrogen) atoms. The van der Waals surface area contributed by atoms with Crippen LogP contribution < -0.4 is 9.88 Å². The van der Waals surface area contributed by atoms with Crippen LogP contribution in [0.2, 0.25) is 0 Å². The minimum absolute atomic E-state index is 0.0446. The van der Waals surface area contributed by atoms with Crippen molar-refractivity contribution in [3.63, 3.8) is 0 Å². The van der Waals surface area contributed by atoms with Crippen LogP contribution in [0, 0.1) is 15.5 Å². The molecule has 1 aliphatic carbocycles. The topological polar surface area (TPSA) is 125 Å². The van der Waals surface area contributed by atoms with E-state index in [4.69, 9.17) is 9.88 Å². The van der Waals surface area contributed by atoms with E-state index in [1.165, 1.54) is 18.3 Å². The Morgan fingerprint density at radius 3 is 2.67 bits per heavy atom. The van der Waals surface area contributed by atoms with Gasteiger partial charge in [-0.15, -0.1) is 0 Å². The second-order valence-electron chi connectivity index (χ2n) is 5.39. The summed E-state index contributed by atoms with van der Waals surface area (Å²) in [5.41, 5.74) is -0.572. The SMILES string of the molecule is NS(=O)(=O)CC1(COc2cccnc2[N+](=O)[O-])CCCC1. The van der Waals surface area contributed by atoms with E-state index in [-0.39, 0.29) is 23.9 Å². The summed E-state index contributed by atoms with van der Waals surface area (Å²) in [5, 5.41) is 16.0. The predicted molar refractivity (Wildman–Crippen MR) is 75.3 cm³/mol. The van der Waals surface area contributed by atoms with Crippen LogP contribution in [-0.4, -0.2) is 30.7 Å². The number of rotatable bonds is 6. The van der Waals surface area contributed by atoms with Crippen LogP contribution in [-0.2, 0) is 10.0 Å². The van der Waals surface area contributed by atoms with Gasteiger partial charge in [0.15, 0.2) is 0 Å². The summed E-state index contributed by atoms with van der Waals surface area (Å²) in [6.45, 7) is 0.0793. The number of sulfonamides is 1. The van der Waals surface area contributed by atoms with E-state index in [2.05, 4.69) is 4.98 Å². The molecular weight excluding hydrogens is 298 g/mol. The zero-order valence-corrected chi connectivity index (χ0v) is 12.2. The maximum atomic E-state index is 11.4. The van der Waals surface area contributed by atoms with Crippen molar-refractivity contribution in [3.05, 3.63) is 28.4 Å². The number of nitro groups is 1. The lowest BCUT2D eigenvalue weighted by molar-refractivity contribution is -0.390. The highest BCUT2D eigenvalue weighted by atomic mass is 32.2. The summed E-state index contributed by atoms with van der Waals surface area (Å²) in [7, 11) is -3.63. The van der Waals surface area contributed by atoms with Crippen molar-refractivity contribution < 1.29 is 18.1 Å². The fourth-order valence-corrected chi connectivity index (χ4v) is 3.97. The first kappa shape index (κ1) is 15.6. The lowest BCUT2D eigenvalue weighted by atomic mass is 9.90. The second-order valence-corrected chi connectivity index (χ2v) is 7.00. The Labute approximate surface area is 122 Å². The molecule has 1 aliphatic rings. The van der Waals surface area contributed by atoms with E-state index in [0.29, 0.717) is 12.8 Å². The zero-order valence-electron chi connectivity index (χ0n) is 11.4. The molecule has 9 heteroatoms. The molecule has 1 aromatic rings. The van der Waals surface area contributed by atoms with Crippen molar-refractivity contribution in [2.45, 2.75) is 25.7 Å². The first-order valence-electron chi connectivity index (χ1n) is 6.54. The van der Waals surface area contributed by atoms with E-state index in [1.807, 2.05) is 0 Å². The molecule has 116 valence electrons. The molecule has 1 heterocycles. The van der Waals surface area contributed by atoms with Crippen molar-refractivity contribution in [3.8, 4) is 5.75 Å². The first-order chi connectivity index (χ1) is 9.81. The third kappa shape index (κ3) is 4.11. The van der Waals surface area contributed by atoms with E-state index in [0.717, 1.165) is 12.8 Å². The summed E-state index contributed by atoms with van der Waals surface area (Å²) >= 11 is 0. The minimum Gasteiger partial charge on any atom is -0.485 e. The summed E-state index contributed by atoms with van der Waals surface area (Å²) in [6.07, 6.45) is 4.46. The molecule has 0 amide bonds. The number of aromatic nitrogens is 1. The van der Waals surface area contributed by atoms with Crippen LogP contribution in [0.3, 0.4) is 0 Å². The Morgan fingerprint density at radius 2 is 2.10 bits per heavy atom. The maximum Gasteiger partial charge on any atom is 0.406 e.